The molecule has 26 aromatic rings. The average molecular weight is 1790 g/mol. The van der Waals surface area contributed by atoms with E-state index in [-0.39, 0.29) is 0 Å². The molecule has 3 spiro atoms. The van der Waals surface area contributed by atoms with E-state index in [1.807, 2.05) is 11.8 Å². The minimum atomic E-state index is -0.875. The highest BCUT2D eigenvalue weighted by molar-refractivity contribution is 7.99. The van der Waals surface area contributed by atoms with Gasteiger partial charge in [0.2, 0.25) is 0 Å². The van der Waals surface area contributed by atoms with Gasteiger partial charge < -0.3 is 18.6 Å². The van der Waals surface area contributed by atoms with Crippen molar-refractivity contribution >= 4 is 116 Å². The third-order valence-electron chi connectivity index (χ3n) is 32.4. The van der Waals surface area contributed by atoms with E-state index in [1.54, 1.807) is 0 Å². The molecule has 33 rings (SSSR count). The lowest BCUT2D eigenvalue weighted by molar-refractivity contribution is 0.747. The molecule has 21 aromatic carbocycles. The average Bonchev–Trinajstić information content (AvgIpc) is 1.50. The van der Waals surface area contributed by atoms with Crippen LogP contribution in [0.5, 0.6) is 0 Å². The molecule has 0 bridgehead atoms. The zero-order valence-electron chi connectivity index (χ0n) is 75.4. The molecule has 7 aliphatic rings. The number of benzene rings is 21. The van der Waals surface area contributed by atoms with Crippen LogP contribution in [0.1, 0.15) is 66.8 Å². The minimum Gasteiger partial charge on any atom is -0.309 e. The number of imidazole rings is 2. The molecular formula is C131H76N8S. The van der Waals surface area contributed by atoms with Crippen molar-refractivity contribution in [3.63, 3.8) is 0 Å². The van der Waals surface area contributed by atoms with Crippen molar-refractivity contribution in [1.82, 2.24) is 32.8 Å². The fourth-order valence-electron chi connectivity index (χ4n) is 27.3. The SMILES string of the molecule is c1ccc(-c2nc3c(-c4ccc5c6c4c4ccccc4n6-c4ccccc4C54c5ccccc5-c5c(N6c7ccccc7Sc7ccccc76)cccc54)cccc3n2-c2ccc3c(c2)C2(c4ccccc4-3)c3ccccc3-n3c4ccccc4c4cc(-c5ccc6c(c5)C5(c7ccccc7-c7ccccc75)c5cc(-c7nc8ccccc8n7-c7ccccc7)cc7c8ccccc8n-6c57)cc2c43)cc1. The molecule has 4 aliphatic heterocycles. The van der Waals surface area contributed by atoms with Gasteiger partial charge in [-0.05, 0) is 251 Å². The van der Waals surface area contributed by atoms with Crippen LogP contribution in [0.25, 0.3) is 194 Å². The second-order valence-electron chi connectivity index (χ2n) is 38.7. The first kappa shape index (κ1) is 75.4. The topological polar surface area (TPSA) is 53.7 Å². The monoisotopic (exact) mass is 1790 g/mol. The Morgan fingerprint density at radius 1 is 0.200 bits per heavy atom. The first-order valence-corrected chi connectivity index (χ1v) is 49.3. The van der Waals surface area contributed by atoms with Crippen LogP contribution in [0.15, 0.2) is 471 Å². The number of para-hydroxylation sites is 11. The van der Waals surface area contributed by atoms with Gasteiger partial charge in [-0.3, -0.25) is 9.13 Å². The van der Waals surface area contributed by atoms with Gasteiger partial charge in [0.25, 0.3) is 0 Å². The molecule has 2 unspecified atom stereocenters. The lowest BCUT2D eigenvalue weighted by Gasteiger charge is -2.40. The highest BCUT2D eigenvalue weighted by Crippen LogP contribution is 2.69. The second kappa shape index (κ2) is 27.3. The third-order valence-corrected chi connectivity index (χ3v) is 33.6. The molecule has 0 fully saturated rings. The van der Waals surface area contributed by atoms with E-state index in [4.69, 9.17) is 9.97 Å². The molecule has 140 heavy (non-hydrogen) atoms. The lowest BCUT2D eigenvalue weighted by atomic mass is 9.64. The highest BCUT2D eigenvalue weighted by Gasteiger charge is 2.56. The van der Waals surface area contributed by atoms with E-state index in [2.05, 4.69) is 489 Å². The first-order chi connectivity index (χ1) is 69.5. The molecule has 0 saturated carbocycles. The van der Waals surface area contributed by atoms with Gasteiger partial charge in [0, 0.05) is 75.7 Å². The predicted molar refractivity (Wildman–Crippen MR) is 572 cm³/mol. The smallest absolute Gasteiger partial charge is 0.145 e. The Labute approximate surface area is 808 Å². The summed E-state index contributed by atoms with van der Waals surface area (Å²) < 4.78 is 12.6. The van der Waals surface area contributed by atoms with E-state index in [0.29, 0.717) is 0 Å². The number of hydrogen-bond acceptors (Lipinski definition) is 4. The summed E-state index contributed by atoms with van der Waals surface area (Å²) >= 11 is 1.85. The van der Waals surface area contributed by atoms with Crippen molar-refractivity contribution in [3.8, 4) is 107 Å². The molecule has 0 N–H and O–H groups in total. The van der Waals surface area contributed by atoms with Gasteiger partial charge in [0.1, 0.15) is 11.6 Å². The fourth-order valence-corrected chi connectivity index (χ4v) is 28.4. The van der Waals surface area contributed by atoms with Gasteiger partial charge in [0.05, 0.1) is 106 Å². The first-order valence-electron chi connectivity index (χ1n) is 48.5. The third kappa shape index (κ3) is 9.25. The van der Waals surface area contributed by atoms with E-state index in [1.165, 1.54) is 193 Å². The van der Waals surface area contributed by atoms with E-state index in [9.17, 15) is 0 Å². The zero-order chi connectivity index (χ0) is 90.8. The van der Waals surface area contributed by atoms with E-state index < -0.39 is 16.2 Å². The van der Waals surface area contributed by atoms with Crippen molar-refractivity contribution in [2.75, 3.05) is 4.90 Å². The van der Waals surface area contributed by atoms with Crippen LogP contribution < -0.4 is 4.90 Å². The maximum Gasteiger partial charge on any atom is 0.145 e. The molecule has 3 aliphatic carbocycles. The largest absolute Gasteiger partial charge is 0.309 e. The molecule has 8 nitrogen and oxygen atoms in total. The van der Waals surface area contributed by atoms with E-state index in [0.717, 1.165) is 95.2 Å². The number of aromatic nitrogens is 7. The molecule has 5 aromatic heterocycles. The summed E-state index contributed by atoms with van der Waals surface area (Å²) in [6.45, 7) is 0. The highest BCUT2D eigenvalue weighted by atomic mass is 32.2. The van der Waals surface area contributed by atoms with Crippen LogP contribution in [0.4, 0.5) is 17.1 Å². The molecule has 0 saturated heterocycles. The van der Waals surface area contributed by atoms with Gasteiger partial charge >= 0.3 is 0 Å². The molecule has 0 amide bonds. The summed E-state index contributed by atoms with van der Waals surface area (Å²) in [6, 6.07) is 175. The van der Waals surface area contributed by atoms with Crippen molar-refractivity contribution in [2.24, 2.45) is 0 Å². The van der Waals surface area contributed by atoms with Crippen molar-refractivity contribution < 1.29 is 0 Å². The summed E-state index contributed by atoms with van der Waals surface area (Å²) in [4.78, 5) is 16.8. The van der Waals surface area contributed by atoms with Crippen molar-refractivity contribution in [3.05, 3.63) is 528 Å². The van der Waals surface area contributed by atoms with Gasteiger partial charge in [-0.25, -0.2) is 9.97 Å². The Balaban J connectivity index is 0.610. The number of rotatable bonds is 7. The van der Waals surface area contributed by atoms with Crippen LogP contribution in [-0.4, -0.2) is 32.8 Å². The summed E-state index contributed by atoms with van der Waals surface area (Å²) in [5.41, 5.74) is 46.6. The molecule has 646 valence electrons. The quantitative estimate of drug-likeness (QED) is 0.160. The van der Waals surface area contributed by atoms with Gasteiger partial charge in [-0.2, -0.15) is 0 Å². The summed E-state index contributed by atoms with van der Waals surface area (Å²) in [6.07, 6.45) is 0. The molecule has 0 radical (unpaired) electrons. The Hall–Kier alpha value is -17.9. The molecule has 9 heterocycles. The normalized spacial score (nSPS) is 15.6. The number of hydrogen-bond donors (Lipinski definition) is 0. The maximum atomic E-state index is 6.14. The van der Waals surface area contributed by atoms with Crippen LogP contribution in [0.3, 0.4) is 0 Å². The molecule has 9 heteroatoms. The number of fused-ring (bicyclic) bond motifs is 40. The number of nitrogens with zero attached hydrogens (tertiary/aromatic N) is 8. The van der Waals surface area contributed by atoms with Crippen LogP contribution >= 0.6 is 11.8 Å². The van der Waals surface area contributed by atoms with E-state index >= 15 is 0 Å². The predicted octanol–water partition coefficient (Wildman–Crippen LogP) is 32.3. The zero-order valence-corrected chi connectivity index (χ0v) is 76.2. The number of anilines is 3. The van der Waals surface area contributed by atoms with Crippen molar-refractivity contribution in [2.45, 2.75) is 26.0 Å². The van der Waals surface area contributed by atoms with Gasteiger partial charge in [0.15, 0.2) is 0 Å². The Morgan fingerprint density at radius 2 is 0.636 bits per heavy atom. The maximum absolute atomic E-state index is 6.14. The standard InChI is InChI=1S/C131H76N8S/c1-3-33-77(34-4-1)127-133-123-90(89-68-69-102-126-121(89)92-43-13-23-55-110(92)139(126)112-57-25-18-49-99(112)130(102)98-48-17-10-42-91(98)122-101(130)51-32-61-117(122)136-115-59-27-29-63-119(115)140-120-64-30-28-60-116(120)136)44-31-62-118(123)135(127)82-66-67-86-85-39-9-16-47-97(85)131(103(86)76-82)100-50-19-24-56-111(100)137-108-53-21-11-40-87(108)93-71-79(74-105(131)124(93)137)78-65-70-113-104(73-78)129(95-45-14-7-37-83(95)84-38-8-15-46-96(84)129)106-75-80(72-94-88-41-12-22-54-109(88)138(113)125(94)106)128-132-107-52-20-26-58-114(107)134(128)81-35-5-2-6-36-81/h1-76H. The minimum absolute atomic E-state index is 0.732. The Kier molecular flexibility index (Phi) is 14.7. The van der Waals surface area contributed by atoms with Gasteiger partial charge in [-0.1, -0.05) is 333 Å². The van der Waals surface area contributed by atoms with Gasteiger partial charge in [-0.15, -0.1) is 0 Å². The Bertz CT molecular complexity index is 10000. The lowest BCUT2D eigenvalue weighted by Crippen LogP contribution is -2.34. The summed E-state index contributed by atoms with van der Waals surface area (Å²) in [5, 5.41) is 7.18. The van der Waals surface area contributed by atoms with Crippen molar-refractivity contribution in [1.29, 1.82) is 0 Å². The van der Waals surface area contributed by atoms with Crippen LogP contribution in [0.2, 0.25) is 0 Å². The van der Waals surface area contributed by atoms with Crippen LogP contribution in [0, 0.1) is 0 Å². The second-order valence-corrected chi connectivity index (χ2v) is 39.8. The molecular weight excluding hydrogens is 1720 g/mol. The Morgan fingerprint density at radius 3 is 1.29 bits per heavy atom. The van der Waals surface area contributed by atoms with Crippen LogP contribution in [-0.2, 0) is 16.2 Å². The fraction of sp³-hybridized carbons (Fsp3) is 0.0229. The molecule has 2 atom stereocenters. The summed E-state index contributed by atoms with van der Waals surface area (Å²) in [7, 11) is 0. The summed E-state index contributed by atoms with van der Waals surface area (Å²) in [5.74, 6) is 1.76.